The minimum atomic E-state index is -4.52. The standard InChI is InChI=1S/C23H25F3N4O/c1-30(2)16-10-8-15(9-11-16)27-22-18-6-4-3-5-17(18)21(28-29-22)19-12-7-14(13-20(19)31)23(24,25)26/h3-7,12-13,15-16,31H,8-11H2,1-2H3,(H,27,29)/t15-,16+. The maximum atomic E-state index is 12.9. The molecule has 1 saturated carbocycles. The number of phenolic OH excluding ortho intramolecular Hbond substituents is 1. The van der Waals surface area contributed by atoms with Crippen molar-refractivity contribution in [3.63, 3.8) is 0 Å². The van der Waals surface area contributed by atoms with E-state index in [1.54, 1.807) is 0 Å². The molecule has 5 nitrogen and oxygen atoms in total. The highest BCUT2D eigenvalue weighted by molar-refractivity contribution is 6.00. The lowest BCUT2D eigenvalue weighted by Gasteiger charge is -2.33. The molecule has 3 aromatic rings. The summed E-state index contributed by atoms with van der Waals surface area (Å²) in [4.78, 5) is 2.26. The van der Waals surface area contributed by atoms with Gasteiger partial charge in [0, 0.05) is 28.4 Å². The fraction of sp³-hybridized carbons (Fsp3) is 0.391. The van der Waals surface area contributed by atoms with Crippen molar-refractivity contribution in [3.05, 3.63) is 48.0 Å². The Morgan fingerprint density at radius 3 is 2.26 bits per heavy atom. The second-order valence-corrected chi connectivity index (χ2v) is 8.29. The minimum Gasteiger partial charge on any atom is -0.507 e. The molecule has 1 aliphatic rings. The second-order valence-electron chi connectivity index (χ2n) is 8.29. The second kappa shape index (κ2) is 8.34. The van der Waals surface area contributed by atoms with Crippen LogP contribution in [0.1, 0.15) is 31.2 Å². The number of fused-ring (bicyclic) bond motifs is 1. The van der Waals surface area contributed by atoms with E-state index in [0.717, 1.165) is 48.6 Å². The van der Waals surface area contributed by atoms with Gasteiger partial charge >= 0.3 is 6.18 Å². The summed E-state index contributed by atoms with van der Waals surface area (Å²) in [6, 6.07) is 11.2. The number of halogens is 3. The molecule has 0 spiro atoms. The van der Waals surface area contributed by atoms with Crippen LogP contribution in [0.5, 0.6) is 5.75 Å². The third-order valence-electron chi connectivity index (χ3n) is 6.04. The Bertz CT molecular complexity index is 1080. The van der Waals surface area contributed by atoms with Crippen molar-refractivity contribution in [1.82, 2.24) is 15.1 Å². The molecule has 164 valence electrons. The topological polar surface area (TPSA) is 61.3 Å². The molecule has 0 saturated heterocycles. The van der Waals surface area contributed by atoms with Gasteiger partial charge in [-0.05, 0) is 58.0 Å². The van der Waals surface area contributed by atoms with E-state index in [1.165, 1.54) is 6.07 Å². The van der Waals surface area contributed by atoms with E-state index in [-0.39, 0.29) is 5.56 Å². The van der Waals surface area contributed by atoms with E-state index in [4.69, 9.17) is 0 Å². The number of phenols is 1. The zero-order valence-corrected chi connectivity index (χ0v) is 17.4. The van der Waals surface area contributed by atoms with Crippen LogP contribution in [0.3, 0.4) is 0 Å². The van der Waals surface area contributed by atoms with Gasteiger partial charge in [0.15, 0.2) is 5.82 Å². The van der Waals surface area contributed by atoms with Gasteiger partial charge in [-0.2, -0.15) is 13.2 Å². The van der Waals surface area contributed by atoms with Crippen molar-refractivity contribution in [2.24, 2.45) is 0 Å². The Hall–Kier alpha value is -2.87. The van der Waals surface area contributed by atoms with Crippen LogP contribution in [0.15, 0.2) is 42.5 Å². The van der Waals surface area contributed by atoms with Gasteiger partial charge in [0.1, 0.15) is 11.4 Å². The summed E-state index contributed by atoms with van der Waals surface area (Å²) in [5.74, 6) is 0.177. The normalized spacial score (nSPS) is 19.7. The summed E-state index contributed by atoms with van der Waals surface area (Å²) < 4.78 is 38.8. The molecule has 0 amide bonds. The predicted molar refractivity (Wildman–Crippen MR) is 115 cm³/mol. The average Bonchev–Trinajstić information content (AvgIpc) is 2.74. The minimum absolute atomic E-state index is 0.217. The third-order valence-corrected chi connectivity index (χ3v) is 6.04. The molecule has 0 atom stereocenters. The summed E-state index contributed by atoms with van der Waals surface area (Å²) >= 11 is 0. The summed E-state index contributed by atoms with van der Waals surface area (Å²) in [5, 5.41) is 23.9. The van der Waals surface area contributed by atoms with Gasteiger partial charge in [-0.3, -0.25) is 0 Å². The van der Waals surface area contributed by atoms with E-state index in [9.17, 15) is 18.3 Å². The molecule has 1 heterocycles. The molecule has 2 N–H and O–H groups in total. The van der Waals surface area contributed by atoms with Crippen LogP contribution >= 0.6 is 0 Å². The van der Waals surface area contributed by atoms with Crippen LogP contribution < -0.4 is 5.32 Å². The van der Waals surface area contributed by atoms with Crippen LogP contribution in [0.25, 0.3) is 22.0 Å². The first-order valence-electron chi connectivity index (χ1n) is 10.3. The first-order valence-corrected chi connectivity index (χ1v) is 10.3. The number of aromatic nitrogens is 2. The molecule has 0 unspecified atom stereocenters. The lowest BCUT2D eigenvalue weighted by molar-refractivity contribution is -0.137. The van der Waals surface area contributed by atoms with Gasteiger partial charge < -0.3 is 15.3 Å². The Morgan fingerprint density at radius 2 is 1.65 bits per heavy atom. The number of hydrogen-bond acceptors (Lipinski definition) is 5. The van der Waals surface area contributed by atoms with E-state index >= 15 is 0 Å². The molecule has 1 aromatic heterocycles. The van der Waals surface area contributed by atoms with Gasteiger partial charge in [0.05, 0.1) is 5.56 Å². The Morgan fingerprint density at radius 1 is 0.968 bits per heavy atom. The van der Waals surface area contributed by atoms with Crippen molar-refractivity contribution in [2.75, 3.05) is 19.4 Å². The lowest BCUT2D eigenvalue weighted by atomic mass is 9.90. The van der Waals surface area contributed by atoms with Crippen LogP contribution in [0.4, 0.5) is 19.0 Å². The van der Waals surface area contributed by atoms with Gasteiger partial charge in [0.25, 0.3) is 0 Å². The van der Waals surface area contributed by atoms with Gasteiger partial charge in [-0.15, -0.1) is 10.2 Å². The fourth-order valence-corrected chi connectivity index (χ4v) is 4.25. The van der Waals surface area contributed by atoms with E-state index < -0.39 is 17.5 Å². The highest BCUT2D eigenvalue weighted by Crippen LogP contribution is 2.39. The van der Waals surface area contributed by atoms with Gasteiger partial charge in [0.2, 0.25) is 0 Å². The number of hydrogen-bond donors (Lipinski definition) is 2. The SMILES string of the molecule is CN(C)[C@H]1CC[C@@H](Nc2nnc(-c3ccc(C(F)(F)F)cc3O)c3ccccc23)CC1. The number of benzene rings is 2. The van der Waals surface area contributed by atoms with Crippen LogP contribution in [-0.2, 0) is 6.18 Å². The monoisotopic (exact) mass is 430 g/mol. The molecule has 1 aliphatic carbocycles. The molecule has 0 aliphatic heterocycles. The molecule has 8 heteroatoms. The smallest absolute Gasteiger partial charge is 0.416 e. The maximum absolute atomic E-state index is 12.9. The van der Waals surface area contributed by atoms with Gasteiger partial charge in [-0.25, -0.2) is 0 Å². The molecule has 0 bridgehead atoms. The van der Waals surface area contributed by atoms with Gasteiger partial charge in [-0.1, -0.05) is 24.3 Å². The van der Waals surface area contributed by atoms with Crippen molar-refractivity contribution in [3.8, 4) is 17.0 Å². The molecular formula is C23H25F3N4O. The number of nitrogens with zero attached hydrogens (tertiary/aromatic N) is 3. The van der Waals surface area contributed by atoms with E-state index in [0.29, 0.717) is 23.6 Å². The van der Waals surface area contributed by atoms with Crippen LogP contribution in [0, 0.1) is 0 Å². The predicted octanol–water partition coefficient (Wildman–Crippen LogP) is 5.31. The van der Waals surface area contributed by atoms with Crippen molar-refractivity contribution in [2.45, 2.75) is 43.9 Å². The summed E-state index contributed by atoms with van der Waals surface area (Å²) in [7, 11) is 4.21. The van der Waals surface area contributed by atoms with Crippen LogP contribution in [-0.4, -0.2) is 46.4 Å². The number of rotatable bonds is 4. The summed E-state index contributed by atoms with van der Waals surface area (Å²) in [6.45, 7) is 0. The zero-order chi connectivity index (χ0) is 22.2. The lowest BCUT2D eigenvalue weighted by Crippen LogP contribution is -2.36. The average molecular weight is 430 g/mol. The van der Waals surface area contributed by atoms with Crippen molar-refractivity contribution >= 4 is 16.6 Å². The molecule has 1 fully saturated rings. The van der Waals surface area contributed by atoms with E-state index in [2.05, 4.69) is 34.5 Å². The molecule has 2 aromatic carbocycles. The summed E-state index contributed by atoms with van der Waals surface area (Å²) in [6.07, 6.45) is -0.259. The highest BCUT2D eigenvalue weighted by atomic mass is 19.4. The largest absolute Gasteiger partial charge is 0.507 e. The number of nitrogens with one attached hydrogen (secondary N) is 1. The molecule has 0 radical (unpaired) electrons. The third kappa shape index (κ3) is 4.44. The molecule has 31 heavy (non-hydrogen) atoms. The number of aromatic hydroxyl groups is 1. The number of anilines is 1. The van der Waals surface area contributed by atoms with Crippen molar-refractivity contribution < 1.29 is 18.3 Å². The zero-order valence-electron chi connectivity index (χ0n) is 17.4. The maximum Gasteiger partial charge on any atom is 0.416 e. The van der Waals surface area contributed by atoms with E-state index in [1.807, 2.05) is 24.3 Å². The van der Waals surface area contributed by atoms with Crippen LogP contribution in [0.2, 0.25) is 0 Å². The molecular weight excluding hydrogens is 405 g/mol. The summed E-state index contributed by atoms with van der Waals surface area (Å²) in [5.41, 5.74) is -0.337. The quantitative estimate of drug-likeness (QED) is 0.588. The van der Waals surface area contributed by atoms with Crippen molar-refractivity contribution in [1.29, 1.82) is 0 Å². The first-order chi connectivity index (χ1) is 14.7. The Labute approximate surface area is 178 Å². The number of alkyl halides is 3. The Balaban J connectivity index is 1.65. The fourth-order valence-electron chi connectivity index (χ4n) is 4.25. The Kier molecular flexibility index (Phi) is 5.75. The highest BCUT2D eigenvalue weighted by Gasteiger charge is 2.31. The first kappa shape index (κ1) is 21.4. The molecule has 4 rings (SSSR count).